The minimum atomic E-state index is 0.154. The first kappa shape index (κ1) is 10.4. The molecule has 3 nitrogen and oxygen atoms in total. The Morgan fingerprint density at radius 1 is 1.64 bits per heavy atom. The molecule has 0 radical (unpaired) electrons. The van der Waals surface area contributed by atoms with Gasteiger partial charge in [-0.3, -0.25) is 0 Å². The number of rotatable bonds is 1. The summed E-state index contributed by atoms with van der Waals surface area (Å²) in [7, 11) is 0. The van der Waals surface area contributed by atoms with Crippen LogP contribution in [0.1, 0.15) is 11.6 Å². The van der Waals surface area contributed by atoms with Crippen molar-refractivity contribution in [3.63, 3.8) is 0 Å². The van der Waals surface area contributed by atoms with Gasteiger partial charge in [0.05, 0.1) is 19.3 Å². The molecule has 0 amide bonds. The maximum atomic E-state index is 6.00. The second-order valence-electron chi connectivity index (χ2n) is 3.12. The molecular weight excluding hydrogens is 267 g/mol. The zero-order valence-corrected chi connectivity index (χ0v) is 9.81. The fourth-order valence-electron chi connectivity index (χ4n) is 1.45. The number of ether oxygens (including phenoxy) is 1. The van der Waals surface area contributed by atoms with Crippen LogP contribution < -0.4 is 5.32 Å². The average Bonchev–Trinajstić information content (AvgIpc) is 2.23. The Morgan fingerprint density at radius 3 is 3.21 bits per heavy atom. The molecule has 5 heteroatoms. The van der Waals surface area contributed by atoms with E-state index >= 15 is 0 Å². The first-order chi connectivity index (χ1) is 6.77. The van der Waals surface area contributed by atoms with Gasteiger partial charge in [-0.15, -0.1) is 0 Å². The van der Waals surface area contributed by atoms with Crippen molar-refractivity contribution in [2.24, 2.45) is 0 Å². The summed E-state index contributed by atoms with van der Waals surface area (Å²) in [5, 5.41) is 3.87. The van der Waals surface area contributed by atoms with Crippen LogP contribution in [0.15, 0.2) is 16.7 Å². The van der Waals surface area contributed by atoms with Crippen LogP contribution >= 0.6 is 27.5 Å². The lowest BCUT2D eigenvalue weighted by Crippen LogP contribution is -2.34. The second-order valence-corrected chi connectivity index (χ2v) is 4.39. The summed E-state index contributed by atoms with van der Waals surface area (Å²) >= 11 is 9.38. The van der Waals surface area contributed by atoms with Gasteiger partial charge in [-0.05, 0) is 22.0 Å². The number of nitrogens with zero attached hydrogens (tertiary/aromatic N) is 1. The minimum absolute atomic E-state index is 0.154. The van der Waals surface area contributed by atoms with Crippen LogP contribution in [-0.2, 0) is 4.74 Å². The third-order valence-corrected chi connectivity index (χ3v) is 2.88. The first-order valence-corrected chi connectivity index (χ1v) is 5.56. The van der Waals surface area contributed by atoms with E-state index < -0.39 is 0 Å². The topological polar surface area (TPSA) is 34.1 Å². The Balaban J connectivity index is 2.24. The lowest BCUT2D eigenvalue weighted by Gasteiger charge is -2.24. The number of morpholine rings is 1. The summed E-state index contributed by atoms with van der Waals surface area (Å²) in [5.74, 6) is 0. The van der Waals surface area contributed by atoms with E-state index in [4.69, 9.17) is 16.3 Å². The van der Waals surface area contributed by atoms with Crippen LogP contribution in [0.2, 0.25) is 5.15 Å². The summed E-state index contributed by atoms with van der Waals surface area (Å²) in [6.45, 7) is 2.26. The smallest absolute Gasteiger partial charge is 0.133 e. The van der Waals surface area contributed by atoms with Crippen molar-refractivity contribution in [2.75, 3.05) is 19.8 Å². The van der Waals surface area contributed by atoms with Gasteiger partial charge in [-0.2, -0.15) is 0 Å². The molecule has 1 N–H and O–H groups in total. The highest BCUT2D eigenvalue weighted by atomic mass is 79.9. The van der Waals surface area contributed by atoms with Crippen molar-refractivity contribution in [1.29, 1.82) is 0 Å². The number of pyridine rings is 1. The molecule has 0 saturated carbocycles. The molecular formula is C9H10BrClN2O. The normalized spacial score (nSPS) is 22.3. The summed E-state index contributed by atoms with van der Waals surface area (Å²) in [6, 6.07) is 2.13. The molecule has 0 spiro atoms. The van der Waals surface area contributed by atoms with E-state index in [2.05, 4.69) is 26.2 Å². The lowest BCUT2D eigenvalue weighted by atomic mass is 10.1. The lowest BCUT2D eigenvalue weighted by molar-refractivity contribution is 0.0768. The molecule has 1 aromatic rings. The Labute approximate surface area is 95.9 Å². The van der Waals surface area contributed by atoms with Crippen molar-refractivity contribution >= 4 is 27.5 Å². The molecule has 1 saturated heterocycles. The maximum absolute atomic E-state index is 6.00. The van der Waals surface area contributed by atoms with E-state index in [1.807, 2.05) is 6.07 Å². The molecule has 1 aromatic heterocycles. The molecule has 14 heavy (non-hydrogen) atoms. The van der Waals surface area contributed by atoms with E-state index in [-0.39, 0.29) is 6.04 Å². The van der Waals surface area contributed by atoms with Crippen LogP contribution in [-0.4, -0.2) is 24.7 Å². The van der Waals surface area contributed by atoms with Crippen molar-refractivity contribution < 1.29 is 4.74 Å². The number of nitrogens with one attached hydrogen (secondary N) is 1. The summed E-state index contributed by atoms with van der Waals surface area (Å²) < 4.78 is 6.30. The molecule has 1 aliphatic heterocycles. The number of halogens is 2. The van der Waals surface area contributed by atoms with Crippen molar-refractivity contribution in [1.82, 2.24) is 10.3 Å². The van der Waals surface area contributed by atoms with Crippen molar-refractivity contribution in [2.45, 2.75) is 6.04 Å². The number of hydrogen-bond acceptors (Lipinski definition) is 3. The monoisotopic (exact) mass is 276 g/mol. The van der Waals surface area contributed by atoms with Gasteiger partial charge in [0.2, 0.25) is 0 Å². The fraction of sp³-hybridized carbons (Fsp3) is 0.444. The van der Waals surface area contributed by atoms with Gasteiger partial charge < -0.3 is 10.1 Å². The highest BCUT2D eigenvalue weighted by Crippen LogP contribution is 2.25. The van der Waals surface area contributed by atoms with E-state index in [1.165, 1.54) is 0 Å². The SMILES string of the molecule is Clc1ncc(Br)cc1C1COCCN1. The van der Waals surface area contributed by atoms with Gasteiger partial charge in [0.1, 0.15) is 5.15 Å². The maximum Gasteiger partial charge on any atom is 0.133 e. The minimum Gasteiger partial charge on any atom is -0.378 e. The third kappa shape index (κ3) is 2.25. The van der Waals surface area contributed by atoms with Gasteiger partial charge in [0.25, 0.3) is 0 Å². The molecule has 1 unspecified atom stereocenters. The largest absolute Gasteiger partial charge is 0.378 e. The molecule has 0 aliphatic carbocycles. The zero-order chi connectivity index (χ0) is 9.97. The zero-order valence-electron chi connectivity index (χ0n) is 7.46. The van der Waals surface area contributed by atoms with Crippen LogP contribution in [0.25, 0.3) is 0 Å². The Bertz CT molecular complexity index is 329. The standard InChI is InChI=1S/C9H10BrClN2O/c10-6-3-7(9(11)13-4-6)8-5-14-2-1-12-8/h3-4,8,12H,1-2,5H2. The van der Waals surface area contributed by atoms with E-state index in [0.717, 1.165) is 23.2 Å². The number of aromatic nitrogens is 1. The van der Waals surface area contributed by atoms with Crippen molar-refractivity contribution in [3.05, 3.63) is 27.5 Å². The van der Waals surface area contributed by atoms with Gasteiger partial charge >= 0.3 is 0 Å². The summed E-state index contributed by atoms with van der Waals surface area (Å²) in [4.78, 5) is 4.08. The Hall–Kier alpha value is -0.160. The predicted octanol–water partition coefficient (Wildman–Crippen LogP) is 2.16. The second kappa shape index (κ2) is 4.57. The van der Waals surface area contributed by atoms with Crippen LogP contribution in [0.3, 0.4) is 0 Å². The van der Waals surface area contributed by atoms with Crippen LogP contribution in [0.4, 0.5) is 0 Å². The molecule has 1 atom stereocenters. The highest BCUT2D eigenvalue weighted by Gasteiger charge is 2.18. The molecule has 0 bridgehead atoms. The predicted molar refractivity (Wildman–Crippen MR) is 58.5 cm³/mol. The quantitative estimate of drug-likeness (QED) is 0.799. The molecule has 0 aromatic carbocycles. The van der Waals surface area contributed by atoms with Gasteiger partial charge in [-0.1, -0.05) is 11.6 Å². The molecule has 2 heterocycles. The number of hydrogen-bond donors (Lipinski definition) is 1. The third-order valence-electron chi connectivity index (χ3n) is 2.13. The molecule has 76 valence electrons. The summed E-state index contributed by atoms with van der Waals surface area (Å²) in [5.41, 5.74) is 0.987. The van der Waals surface area contributed by atoms with E-state index in [9.17, 15) is 0 Å². The van der Waals surface area contributed by atoms with Gasteiger partial charge in [-0.25, -0.2) is 4.98 Å². The van der Waals surface area contributed by atoms with E-state index in [0.29, 0.717) is 11.8 Å². The Morgan fingerprint density at radius 2 is 2.50 bits per heavy atom. The highest BCUT2D eigenvalue weighted by molar-refractivity contribution is 9.10. The van der Waals surface area contributed by atoms with Gasteiger partial charge in [0, 0.05) is 22.8 Å². The average molecular weight is 278 g/mol. The summed E-state index contributed by atoms with van der Waals surface area (Å²) in [6.07, 6.45) is 1.69. The van der Waals surface area contributed by atoms with E-state index in [1.54, 1.807) is 6.20 Å². The van der Waals surface area contributed by atoms with Crippen LogP contribution in [0.5, 0.6) is 0 Å². The molecule has 1 aliphatic rings. The molecule has 2 rings (SSSR count). The van der Waals surface area contributed by atoms with Crippen molar-refractivity contribution in [3.8, 4) is 0 Å². The van der Waals surface area contributed by atoms with Gasteiger partial charge in [0.15, 0.2) is 0 Å². The molecule has 1 fully saturated rings. The van der Waals surface area contributed by atoms with Crippen LogP contribution in [0, 0.1) is 0 Å². The Kier molecular flexibility index (Phi) is 3.38. The first-order valence-electron chi connectivity index (χ1n) is 4.39. The fourth-order valence-corrected chi connectivity index (χ4v) is 2.03.